The molecule has 0 rings (SSSR count). The van der Waals surface area contributed by atoms with Crippen LogP contribution in [0.4, 0.5) is 0 Å². The van der Waals surface area contributed by atoms with E-state index in [4.69, 9.17) is 9.57 Å². The second-order valence-corrected chi connectivity index (χ2v) is 3.11. The van der Waals surface area contributed by atoms with E-state index < -0.39 is 0 Å². The Kier molecular flexibility index (Phi) is 5.34. The van der Waals surface area contributed by atoms with Gasteiger partial charge in [0.15, 0.2) is 0 Å². The fourth-order valence-electron chi connectivity index (χ4n) is 0.707. The van der Waals surface area contributed by atoms with Crippen molar-refractivity contribution in [3.8, 4) is 0 Å². The molecule has 0 spiro atoms. The first-order valence-corrected chi connectivity index (χ1v) is 4.10. The predicted molar refractivity (Wildman–Crippen MR) is 50.0 cm³/mol. The second kappa shape index (κ2) is 5.72. The summed E-state index contributed by atoms with van der Waals surface area (Å²) < 4.78 is 4.88. The van der Waals surface area contributed by atoms with E-state index >= 15 is 0 Å². The summed E-state index contributed by atoms with van der Waals surface area (Å²) in [6, 6.07) is 0. The molecule has 0 aliphatic carbocycles. The second-order valence-electron chi connectivity index (χ2n) is 3.11. The Balaban J connectivity index is 3.64. The summed E-state index contributed by atoms with van der Waals surface area (Å²) in [5.41, 5.74) is 0.400. The molecule has 0 aliphatic heterocycles. The van der Waals surface area contributed by atoms with Crippen LogP contribution in [0.15, 0.2) is 12.2 Å². The van der Waals surface area contributed by atoms with Gasteiger partial charge in [-0.05, 0) is 13.8 Å². The highest BCUT2D eigenvalue weighted by Gasteiger charge is 2.08. The van der Waals surface area contributed by atoms with Crippen LogP contribution < -0.4 is 0 Å². The molecule has 0 N–H and O–H groups in total. The molecule has 4 nitrogen and oxygen atoms in total. The third kappa shape index (κ3) is 6.31. The van der Waals surface area contributed by atoms with Crippen LogP contribution in [0.25, 0.3) is 0 Å². The van der Waals surface area contributed by atoms with Gasteiger partial charge in [-0.2, -0.15) is 5.06 Å². The lowest BCUT2D eigenvalue weighted by Crippen LogP contribution is -2.26. The van der Waals surface area contributed by atoms with Gasteiger partial charge in [0.05, 0.1) is 0 Å². The number of rotatable bonds is 5. The summed E-state index contributed by atoms with van der Waals surface area (Å²) in [6.07, 6.45) is -0.140. The van der Waals surface area contributed by atoms with Gasteiger partial charge < -0.3 is 4.74 Å². The zero-order chi connectivity index (χ0) is 10.4. The molecular formula is C9H17NO3. The summed E-state index contributed by atoms with van der Waals surface area (Å²) in [5.74, 6) is -0.380. The van der Waals surface area contributed by atoms with E-state index in [-0.39, 0.29) is 18.7 Å². The molecule has 13 heavy (non-hydrogen) atoms. The minimum atomic E-state index is -0.380. The Labute approximate surface area is 79.1 Å². The molecule has 0 aromatic heterocycles. The SMILES string of the molecule is C=C(C)C(=O)OCC(C)ON(C)C. The summed E-state index contributed by atoms with van der Waals surface area (Å²) in [6.45, 7) is 7.14. The number of hydrogen-bond acceptors (Lipinski definition) is 4. The number of esters is 1. The van der Waals surface area contributed by atoms with E-state index in [0.29, 0.717) is 5.57 Å². The minimum absolute atomic E-state index is 0.140. The topological polar surface area (TPSA) is 38.8 Å². The molecule has 1 atom stereocenters. The molecule has 0 bridgehead atoms. The van der Waals surface area contributed by atoms with E-state index in [1.807, 2.05) is 6.92 Å². The smallest absolute Gasteiger partial charge is 0.333 e. The fourth-order valence-corrected chi connectivity index (χ4v) is 0.707. The van der Waals surface area contributed by atoms with Gasteiger partial charge in [-0.1, -0.05) is 6.58 Å². The Hall–Kier alpha value is -0.870. The van der Waals surface area contributed by atoms with Crippen molar-refractivity contribution in [1.29, 1.82) is 0 Å². The molecule has 0 amide bonds. The highest BCUT2D eigenvalue weighted by atomic mass is 16.7. The third-order valence-corrected chi connectivity index (χ3v) is 1.19. The number of nitrogens with zero attached hydrogens (tertiary/aromatic N) is 1. The molecule has 0 fully saturated rings. The third-order valence-electron chi connectivity index (χ3n) is 1.19. The zero-order valence-electron chi connectivity index (χ0n) is 8.66. The van der Waals surface area contributed by atoms with Crippen molar-refractivity contribution in [2.75, 3.05) is 20.7 Å². The largest absolute Gasteiger partial charge is 0.460 e. The first-order chi connectivity index (χ1) is 5.93. The van der Waals surface area contributed by atoms with E-state index in [9.17, 15) is 4.79 Å². The molecule has 0 saturated heterocycles. The number of carbonyl (C=O) groups is 1. The quantitative estimate of drug-likeness (QED) is 0.365. The van der Waals surface area contributed by atoms with Gasteiger partial charge in [0, 0.05) is 19.7 Å². The van der Waals surface area contributed by atoms with Crippen LogP contribution in [0.5, 0.6) is 0 Å². The maximum atomic E-state index is 10.9. The van der Waals surface area contributed by atoms with E-state index in [2.05, 4.69) is 6.58 Å². The van der Waals surface area contributed by atoms with Gasteiger partial charge in [-0.15, -0.1) is 0 Å². The lowest BCUT2D eigenvalue weighted by Gasteiger charge is -2.17. The lowest BCUT2D eigenvalue weighted by molar-refractivity contribution is -0.179. The Bertz CT molecular complexity index is 189. The van der Waals surface area contributed by atoms with Crippen molar-refractivity contribution in [3.63, 3.8) is 0 Å². The number of hydroxylamine groups is 2. The average molecular weight is 187 g/mol. The molecule has 0 aromatic rings. The van der Waals surface area contributed by atoms with E-state index in [1.165, 1.54) is 0 Å². The Morgan fingerprint density at radius 1 is 1.54 bits per heavy atom. The van der Waals surface area contributed by atoms with Gasteiger partial charge in [-0.3, -0.25) is 4.84 Å². The van der Waals surface area contributed by atoms with Crippen LogP contribution in [-0.2, 0) is 14.4 Å². The van der Waals surface area contributed by atoms with Crippen molar-refractivity contribution in [3.05, 3.63) is 12.2 Å². The molecule has 1 unspecified atom stereocenters. The number of hydrogen-bond donors (Lipinski definition) is 0. The van der Waals surface area contributed by atoms with E-state index in [0.717, 1.165) is 0 Å². The average Bonchev–Trinajstić information content (AvgIpc) is 1.98. The molecule has 0 aliphatic rings. The van der Waals surface area contributed by atoms with Crippen molar-refractivity contribution in [2.45, 2.75) is 20.0 Å². The lowest BCUT2D eigenvalue weighted by atomic mass is 10.3. The first-order valence-electron chi connectivity index (χ1n) is 4.10. The van der Waals surface area contributed by atoms with Crippen LogP contribution in [0.3, 0.4) is 0 Å². The van der Waals surface area contributed by atoms with Gasteiger partial charge >= 0.3 is 5.97 Å². The van der Waals surface area contributed by atoms with Gasteiger partial charge in [0.1, 0.15) is 12.7 Å². The van der Waals surface area contributed by atoms with Crippen LogP contribution in [0.1, 0.15) is 13.8 Å². The monoisotopic (exact) mass is 187 g/mol. The van der Waals surface area contributed by atoms with E-state index in [1.54, 1.807) is 26.1 Å². The predicted octanol–water partition coefficient (Wildman–Crippen LogP) is 0.987. The summed E-state index contributed by atoms with van der Waals surface area (Å²) in [4.78, 5) is 16.1. The maximum Gasteiger partial charge on any atom is 0.333 e. The molecule has 76 valence electrons. The summed E-state index contributed by atoms with van der Waals surface area (Å²) >= 11 is 0. The van der Waals surface area contributed by atoms with Crippen molar-refractivity contribution in [2.24, 2.45) is 0 Å². The summed E-state index contributed by atoms with van der Waals surface area (Å²) in [7, 11) is 3.55. The van der Waals surface area contributed by atoms with Gasteiger partial charge in [-0.25, -0.2) is 4.79 Å². The first kappa shape index (κ1) is 12.1. The number of carbonyl (C=O) groups excluding carboxylic acids is 1. The highest BCUT2D eigenvalue weighted by Crippen LogP contribution is 1.97. The van der Waals surface area contributed by atoms with Crippen molar-refractivity contribution < 1.29 is 14.4 Å². The molecule has 0 saturated carbocycles. The highest BCUT2D eigenvalue weighted by molar-refractivity contribution is 5.86. The minimum Gasteiger partial charge on any atom is -0.460 e. The van der Waals surface area contributed by atoms with Crippen LogP contribution >= 0.6 is 0 Å². The molecule has 0 aromatic carbocycles. The maximum absolute atomic E-state index is 10.9. The van der Waals surface area contributed by atoms with Crippen LogP contribution in [0, 0.1) is 0 Å². The van der Waals surface area contributed by atoms with Crippen LogP contribution in [0.2, 0.25) is 0 Å². The van der Waals surface area contributed by atoms with Crippen molar-refractivity contribution in [1.82, 2.24) is 5.06 Å². The van der Waals surface area contributed by atoms with Crippen molar-refractivity contribution >= 4 is 5.97 Å². The van der Waals surface area contributed by atoms with Crippen LogP contribution in [-0.4, -0.2) is 37.8 Å². The molecular weight excluding hydrogens is 170 g/mol. The van der Waals surface area contributed by atoms with Gasteiger partial charge in [0.2, 0.25) is 0 Å². The zero-order valence-corrected chi connectivity index (χ0v) is 8.66. The normalized spacial score (nSPS) is 12.7. The summed E-state index contributed by atoms with van der Waals surface area (Å²) in [5, 5.41) is 1.57. The Morgan fingerprint density at radius 3 is 2.46 bits per heavy atom. The fraction of sp³-hybridized carbons (Fsp3) is 0.667. The molecule has 0 heterocycles. The van der Waals surface area contributed by atoms with Gasteiger partial charge in [0.25, 0.3) is 0 Å². The Morgan fingerprint density at radius 2 is 2.08 bits per heavy atom. The molecule has 4 heteroatoms. The number of ether oxygens (including phenoxy) is 1. The standard InChI is InChI=1S/C9H17NO3/c1-7(2)9(11)12-6-8(3)13-10(4)5/h8H,1,6H2,2-5H3. The molecule has 0 radical (unpaired) electrons.